The van der Waals surface area contributed by atoms with Crippen molar-refractivity contribution in [3.63, 3.8) is 0 Å². The third-order valence-corrected chi connectivity index (χ3v) is 3.07. The molecular formula is C21H22O7. The molecule has 0 aliphatic rings. The maximum Gasteiger partial charge on any atom is 0.328 e. The molecule has 2 aromatic carbocycles. The minimum atomic E-state index is -0.948. The number of aliphatic carboxylic acids is 2. The molecule has 0 spiro atoms. The van der Waals surface area contributed by atoms with Crippen LogP contribution in [0.1, 0.15) is 11.1 Å². The first kappa shape index (κ1) is 24.1. The van der Waals surface area contributed by atoms with E-state index in [9.17, 15) is 9.59 Å². The Balaban J connectivity index is 0.000000478. The molecule has 0 atom stereocenters. The van der Waals surface area contributed by atoms with Crippen molar-refractivity contribution in [1.82, 2.24) is 0 Å². The highest BCUT2D eigenvalue weighted by Gasteiger charge is 1.92. The largest absolute Gasteiger partial charge is 0.497 e. The summed E-state index contributed by atoms with van der Waals surface area (Å²) in [5.41, 5.74) is 1.67. The van der Waals surface area contributed by atoms with E-state index in [0.717, 1.165) is 34.8 Å². The van der Waals surface area contributed by atoms with Crippen LogP contribution in [0.15, 0.2) is 60.7 Å². The second-order valence-electron chi connectivity index (χ2n) is 4.89. The molecule has 0 unspecified atom stereocenters. The van der Waals surface area contributed by atoms with Crippen molar-refractivity contribution in [3.05, 3.63) is 71.8 Å². The molecule has 0 saturated heterocycles. The number of ether oxygens (including phenoxy) is 2. The third-order valence-electron chi connectivity index (χ3n) is 3.07. The molecule has 0 fully saturated rings. The summed E-state index contributed by atoms with van der Waals surface area (Å²) >= 11 is 0. The van der Waals surface area contributed by atoms with E-state index in [-0.39, 0.29) is 0 Å². The molecule has 0 heterocycles. The van der Waals surface area contributed by atoms with E-state index in [1.165, 1.54) is 12.2 Å². The first-order chi connectivity index (χ1) is 13.4. The molecule has 148 valence electrons. The maximum absolute atomic E-state index is 10.2. The predicted molar refractivity (Wildman–Crippen MR) is 106 cm³/mol. The van der Waals surface area contributed by atoms with E-state index in [1.54, 1.807) is 62.8 Å². The number of carboxylic acid groups (broad SMARTS) is 2. The lowest BCUT2D eigenvalue weighted by molar-refractivity contribution is -0.132. The van der Waals surface area contributed by atoms with E-state index < -0.39 is 11.9 Å². The second kappa shape index (κ2) is 14.3. The van der Waals surface area contributed by atoms with Crippen molar-refractivity contribution in [2.24, 2.45) is 0 Å². The number of rotatable bonds is 6. The van der Waals surface area contributed by atoms with Crippen LogP contribution < -0.4 is 9.47 Å². The van der Waals surface area contributed by atoms with Gasteiger partial charge in [0.1, 0.15) is 18.3 Å². The Kier molecular flexibility index (Phi) is 12.3. The Morgan fingerprint density at radius 3 is 1.21 bits per heavy atom. The van der Waals surface area contributed by atoms with Gasteiger partial charge in [-0.05, 0) is 47.5 Å². The molecule has 2 rings (SSSR count). The van der Waals surface area contributed by atoms with Crippen LogP contribution in [0.5, 0.6) is 11.5 Å². The molecule has 2 aromatic rings. The van der Waals surface area contributed by atoms with Gasteiger partial charge in [0.2, 0.25) is 0 Å². The molecule has 0 saturated carbocycles. The summed E-state index contributed by atoms with van der Waals surface area (Å²) in [5, 5.41) is 16.7. The smallest absolute Gasteiger partial charge is 0.328 e. The van der Waals surface area contributed by atoms with Crippen molar-refractivity contribution in [1.29, 1.82) is 0 Å². The fraction of sp³-hybridized carbons (Fsp3) is 0.0952. The zero-order valence-corrected chi connectivity index (χ0v) is 15.6. The first-order valence-electron chi connectivity index (χ1n) is 7.83. The SMILES string of the molecule is C=O.COc1ccc(/C=C/C(=O)O)cc1.COc1ccc(/C=C/C(=O)O)cc1. The van der Waals surface area contributed by atoms with Gasteiger partial charge in [0, 0.05) is 12.2 Å². The number of benzene rings is 2. The van der Waals surface area contributed by atoms with Crippen LogP contribution in [0.3, 0.4) is 0 Å². The minimum Gasteiger partial charge on any atom is -0.497 e. The minimum absolute atomic E-state index is 0.757. The summed E-state index contributed by atoms with van der Waals surface area (Å²) in [6, 6.07) is 14.3. The summed E-state index contributed by atoms with van der Waals surface area (Å²) in [7, 11) is 3.17. The number of carbonyl (C=O) groups is 3. The Hall–Kier alpha value is -3.87. The maximum atomic E-state index is 10.2. The van der Waals surface area contributed by atoms with Gasteiger partial charge in [-0.1, -0.05) is 24.3 Å². The highest BCUT2D eigenvalue weighted by atomic mass is 16.5. The van der Waals surface area contributed by atoms with Gasteiger partial charge in [0.25, 0.3) is 0 Å². The summed E-state index contributed by atoms with van der Waals surface area (Å²) in [4.78, 5) is 28.4. The average molecular weight is 386 g/mol. The Morgan fingerprint density at radius 1 is 0.714 bits per heavy atom. The van der Waals surface area contributed by atoms with Crippen LogP contribution in [-0.2, 0) is 14.4 Å². The zero-order chi connectivity index (χ0) is 21.4. The van der Waals surface area contributed by atoms with Gasteiger partial charge in [0.05, 0.1) is 14.2 Å². The molecule has 0 aliphatic heterocycles. The lowest BCUT2D eigenvalue weighted by Crippen LogP contribution is -1.86. The van der Waals surface area contributed by atoms with Gasteiger partial charge < -0.3 is 24.5 Å². The number of hydrogen-bond acceptors (Lipinski definition) is 5. The monoisotopic (exact) mass is 386 g/mol. The van der Waals surface area contributed by atoms with Crippen LogP contribution in [-0.4, -0.2) is 43.2 Å². The van der Waals surface area contributed by atoms with Crippen LogP contribution in [0.25, 0.3) is 12.2 Å². The highest BCUT2D eigenvalue weighted by molar-refractivity contribution is 5.85. The molecular weight excluding hydrogens is 364 g/mol. The molecule has 0 amide bonds. The predicted octanol–water partition coefficient (Wildman–Crippen LogP) is 3.40. The molecule has 0 aromatic heterocycles. The van der Waals surface area contributed by atoms with E-state index >= 15 is 0 Å². The number of methoxy groups -OCH3 is 2. The highest BCUT2D eigenvalue weighted by Crippen LogP contribution is 2.12. The zero-order valence-electron chi connectivity index (χ0n) is 15.6. The van der Waals surface area contributed by atoms with Crippen molar-refractivity contribution in [2.45, 2.75) is 0 Å². The van der Waals surface area contributed by atoms with Crippen molar-refractivity contribution < 1.29 is 34.1 Å². The Labute approximate surface area is 163 Å². The molecule has 7 nitrogen and oxygen atoms in total. The van der Waals surface area contributed by atoms with Gasteiger partial charge in [-0.25, -0.2) is 9.59 Å². The van der Waals surface area contributed by atoms with Crippen LogP contribution >= 0.6 is 0 Å². The average Bonchev–Trinajstić information content (AvgIpc) is 2.73. The fourth-order valence-corrected chi connectivity index (χ4v) is 1.77. The van der Waals surface area contributed by atoms with Crippen molar-refractivity contribution in [2.75, 3.05) is 14.2 Å². The van der Waals surface area contributed by atoms with E-state index in [2.05, 4.69) is 0 Å². The fourth-order valence-electron chi connectivity index (χ4n) is 1.77. The van der Waals surface area contributed by atoms with Gasteiger partial charge >= 0.3 is 11.9 Å². The number of carboxylic acids is 2. The van der Waals surface area contributed by atoms with E-state index in [1.807, 2.05) is 6.79 Å². The Morgan fingerprint density at radius 2 is 1.00 bits per heavy atom. The number of hydrogen-bond donors (Lipinski definition) is 2. The van der Waals surface area contributed by atoms with Gasteiger partial charge in [0.15, 0.2) is 0 Å². The normalized spacial score (nSPS) is 9.64. The van der Waals surface area contributed by atoms with Gasteiger partial charge in [-0.2, -0.15) is 0 Å². The lowest BCUT2D eigenvalue weighted by atomic mass is 10.2. The van der Waals surface area contributed by atoms with Crippen molar-refractivity contribution in [3.8, 4) is 11.5 Å². The van der Waals surface area contributed by atoms with E-state index in [0.29, 0.717) is 0 Å². The van der Waals surface area contributed by atoms with Crippen LogP contribution in [0.2, 0.25) is 0 Å². The second-order valence-corrected chi connectivity index (χ2v) is 4.89. The van der Waals surface area contributed by atoms with Crippen LogP contribution in [0, 0.1) is 0 Å². The molecule has 0 radical (unpaired) electrons. The third kappa shape index (κ3) is 10.9. The topological polar surface area (TPSA) is 110 Å². The van der Waals surface area contributed by atoms with Gasteiger partial charge in [-0.3, -0.25) is 0 Å². The standard InChI is InChI=1S/2C10H10O3.CH2O/c2*1-13-9-5-2-8(3-6-9)4-7-10(11)12;1-2/h2*2-7H,1H3,(H,11,12);1H2/b2*7-4+;. The summed E-state index contributed by atoms with van der Waals surface area (Å²) in [6.45, 7) is 2.00. The molecule has 0 bridgehead atoms. The lowest BCUT2D eigenvalue weighted by Gasteiger charge is -1.98. The molecule has 28 heavy (non-hydrogen) atoms. The van der Waals surface area contributed by atoms with E-state index in [4.69, 9.17) is 24.5 Å². The quantitative estimate of drug-likeness (QED) is 0.732. The summed E-state index contributed by atoms with van der Waals surface area (Å²) in [5.74, 6) is -0.383. The molecule has 0 aliphatic carbocycles. The molecule has 7 heteroatoms. The van der Waals surface area contributed by atoms with Gasteiger partial charge in [-0.15, -0.1) is 0 Å². The number of carbonyl (C=O) groups excluding carboxylic acids is 1. The van der Waals surface area contributed by atoms with Crippen LogP contribution in [0.4, 0.5) is 0 Å². The summed E-state index contributed by atoms with van der Waals surface area (Å²) < 4.78 is 9.91. The first-order valence-corrected chi connectivity index (χ1v) is 7.83. The van der Waals surface area contributed by atoms with Crippen molar-refractivity contribution >= 4 is 30.9 Å². The molecule has 2 N–H and O–H groups in total. The summed E-state index contributed by atoms with van der Waals surface area (Å²) in [6.07, 6.45) is 5.26. The Bertz CT molecular complexity index is 708.